The zero-order valence-corrected chi connectivity index (χ0v) is 11.8. The van der Waals surface area contributed by atoms with Crippen LogP contribution in [0.1, 0.15) is 28.4 Å². The summed E-state index contributed by atoms with van der Waals surface area (Å²) in [6.07, 6.45) is 0. The third-order valence-corrected chi connectivity index (χ3v) is 3.07. The lowest BCUT2D eigenvalue weighted by Crippen LogP contribution is -2.02. The van der Waals surface area contributed by atoms with Crippen molar-refractivity contribution in [1.82, 2.24) is 0 Å². The summed E-state index contributed by atoms with van der Waals surface area (Å²) in [6.45, 7) is 1.38. The maximum Gasteiger partial charge on any atom is 0.276 e. The first-order valence-corrected chi connectivity index (χ1v) is 6.43. The second-order valence-electron chi connectivity index (χ2n) is 4.55. The summed E-state index contributed by atoms with van der Waals surface area (Å²) < 4.78 is 5.49. The lowest BCUT2D eigenvalue weighted by molar-refractivity contribution is -0.385. The van der Waals surface area contributed by atoms with Gasteiger partial charge in [0.05, 0.1) is 16.1 Å². The molecule has 2 rings (SSSR count). The summed E-state index contributed by atoms with van der Waals surface area (Å²) >= 11 is 0. The quantitative estimate of drug-likeness (QED) is 0.479. The molecule has 2 aromatic carbocycles. The third-order valence-electron chi connectivity index (χ3n) is 3.07. The molecule has 0 atom stereocenters. The fourth-order valence-electron chi connectivity index (χ4n) is 1.98. The molecule has 0 radical (unpaired) electrons. The number of carbonyl (C=O) groups is 1. The Kier molecular flexibility index (Phi) is 4.49. The second-order valence-corrected chi connectivity index (χ2v) is 4.55. The summed E-state index contributed by atoms with van der Waals surface area (Å²) in [7, 11) is 0. The number of carbonyl (C=O) groups excluding carboxylic acids is 1. The predicted molar refractivity (Wildman–Crippen MR) is 78.6 cm³/mol. The summed E-state index contributed by atoms with van der Waals surface area (Å²) in [4.78, 5) is 21.8. The van der Waals surface area contributed by atoms with E-state index in [0.29, 0.717) is 16.9 Å². The Hall–Kier alpha value is -3.20. The first kappa shape index (κ1) is 15.2. The van der Waals surface area contributed by atoms with Crippen molar-refractivity contribution in [3.05, 3.63) is 69.3 Å². The highest BCUT2D eigenvalue weighted by Gasteiger charge is 2.13. The Morgan fingerprint density at radius 2 is 2.05 bits per heavy atom. The van der Waals surface area contributed by atoms with Gasteiger partial charge in [-0.15, -0.1) is 0 Å². The van der Waals surface area contributed by atoms with Crippen LogP contribution in [0.25, 0.3) is 0 Å². The molecule has 22 heavy (non-hydrogen) atoms. The van der Waals surface area contributed by atoms with Crippen LogP contribution in [0.5, 0.6) is 5.75 Å². The van der Waals surface area contributed by atoms with Crippen molar-refractivity contribution in [2.45, 2.75) is 13.5 Å². The molecule has 0 saturated carbocycles. The van der Waals surface area contributed by atoms with E-state index in [1.165, 1.54) is 25.1 Å². The fourth-order valence-corrected chi connectivity index (χ4v) is 1.98. The van der Waals surface area contributed by atoms with Crippen molar-refractivity contribution < 1.29 is 14.5 Å². The Morgan fingerprint density at radius 1 is 1.32 bits per heavy atom. The van der Waals surface area contributed by atoms with Crippen molar-refractivity contribution in [1.29, 1.82) is 5.26 Å². The molecule has 6 nitrogen and oxygen atoms in total. The fraction of sp³-hybridized carbons (Fsp3) is 0.125. The predicted octanol–water partition coefficient (Wildman–Crippen LogP) is 3.25. The minimum absolute atomic E-state index is 0.00143. The lowest BCUT2D eigenvalue weighted by atomic mass is 10.1. The number of nitrogens with zero attached hydrogens (tertiary/aromatic N) is 2. The summed E-state index contributed by atoms with van der Waals surface area (Å²) in [5.74, 6) is 0.168. The molecule has 0 spiro atoms. The van der Waals surface area contributed by atoms with Crippen LogP contribution < -0.4 is 4.74 Å². The molecule has 0 aromatic heterocycles. The maximum atomic E-state index is 11.4. The average Bonchev–Trinajstić information content (AvgIpc) is 2.52. The van der Waals surface area contributed by atoms with E-state index in [1.54, 1.807) is 24.3 Å². The van der Waals surface area contributed by atoms with Gasteiger partial charge >= 0.3 is 0 Å². The summed E-state index contributed by atoms with van der Waals surface area (Å²) in [5.41, 5.74) is 0.943. The molecular weight excluding hydrogens is 284 g/mol. The SMILES string of the molecule is CC(=O)c1ccc(OCc2ccccc2[N+](=O)[O-])cc1C#N. The molecule has 0 aliphatic carbocycles. The van der Waals surface area contributed by atoms with E-state index in [-0.39, 0.29) is 23.6 Å². The van der Waals surface area contributed by atoms with Gasteiger partial charge in [-0.25, -0.2) is 0 Å². The number of hydrogen-bond donors (Lipinski definition) is 0. The highest BCUT2D eigenvalue weighted by atomic mass is 16.6. The van der Waals surface area contributed by atoms with E-state index < -0.39 is 4.92 Å². The Balaban J connectivity index is 2.21. The largest absolute Gasteiger partial charge is 0.489 e. The normalized spacial score (nSPS) is 9.82. The van der Waals surface area contributed by atoms with Gasteiger partial charge in [0.15, 0.2) is 5.78 Å². The van der Waals surface area contributed by atoms with E-state index in [0.717, 1.165) is 0 Å². The van der Waals surface area contributed by atoms with Crippen LogP contribution in [0.3, 0.4) is 0 Å². The van der Waals surface area contributed by atoms with Crippen molar-refractivity contribution in [3.8, 4) is 11.8 Å². The first-order chi connectivity index (χ1) is 10.5. The van der Waals surface area contributed by atoms with Crippen molar-refractivity contribution in [2.75, 3.05) is 0 Å². The van der Waals surface area contributed by atoms with Crippen LogP contribution in [0, 0.1) is 21.4 Å². The Labute approximate surface area is 126 Å². The maximum absolute atomic E-state index is 11.4. The lowest BCUT2D eigenvalue weighted by Gasteiger charge is -2.08. The topological polar surface area (TPSA) is 93.2 Å². The molecule has 6 heteroatoms. The van der Waals surface area contributed by atoms with Crippen LogP contribution in [-0.4, -0.2) is 10.7 Å². The van der Waals surface area contributed by atoms with Gasteiger partial charge in [0.1, 0.15) is 18.4 Å². The van der Waals surface area contributed by atoms with Crippen LogP contribution in [0.4, 0.5) is 5.69 Å². The number of benzene rings is 2. The van der Waals surface area contributed by atoms with Crippen LogP contribution in [0.15, 0.2) is 42.5 Å². The third kappa shape index (κ3) is 3.27. The molecule has 0 bridgehead atoms. The van der Waals surface area contributed by atoms with Gasteiger partial charge in [-0.1, -0.05) is 12.1 Å². The highest BCUT2D eigenvalue weighted by molar-refractivity contribution is 5.96. The average molecular weight is 296 g/mol. The molecule has 0 heterocycles. The Bertz CT molecular complexity index is 778. The smallest absolute Gasteiger partial charge is 0.276 e. The molecule has 0 aliphatic heterocycles. The molecule has 0 amide bonds. The van der Waals surface area contributed by atoms with Gasteiger partial charge in [-0.05, 0) is 31.2 Å². The standard InChI is InChI=1S/C16H12N2O4/c1-11(19)15-7-6-14(8-13(15)9-17)22-10-12-4-2-3-5-16(12)18(20)21/h2-8H,10H2,1H3. The molecule has 110 valence electrons. The van der Waals surface area contributed by atoms with E-state index >= 15 is 0 Å². The molecule has 0 fully saturated rings. The molecule has 0 aliphatic rings. The number of nitro groups is 1. The number of nitro benzene ring substituents is 1. The highest BCUT2D eigenvalue weighted by Crippen LogP contribution is 2.22. The molecule has 0 saturated heterocycles. The van der Waals surface area contributed by atoms with Crippen molar-refractivity contribution >= 4 is 11.5 Å². The zero-order valence-electron chi connectivity index (χ0n) is 11.8. The number of ketones is 1. The molecule has 2 aromatic rings. The van der Waals surface area contributed by atoms with Crippen LogP contribution in [-0.2, 0) is 6.61 Å². The number of rotatable bonds is 5. The van der Waals surface area contributed by atoms with E-state index in [1.807, 2.05) is 6.07 Å². The van der Waals surface area contributed by atoms with Crippen LogP contribution >= 0.6 is 0 Å². The monoisotopic (exact) mass is 296 g/mol. The summed E-state index contributed by atoms with van der Waals surface area (Å²) in [5, 5.41) is 20.0. The number of hydrogen-bond acceptors (Lipinski definition) is 5. The molecule has 0 N–H and O–H groups in total. The summed E-state index contributed by atoms with van der Waals surface area (Å²) in [6, 6.07) is 12.7. The second kappa shape index (κ2) is 6.50. The number of Topliss-reactive ketones (excluding diaryl/α,β-unsaturated/α-hetero) is 1. The first-order valence-electron chi connectivity index (χ1n) is 6.43. The zero-order chi connectivity index (χ0) is 16.1. The van der Waals surface area contributed by atoms with Gasteiger partial charge in [0, 0.05) is 11.6 Å². The van der Waals surface area contributed by atoms with Gasteiger partial charge in [-0.3, -0.25) is 14.9 Å². The van der Waals surface area contributed by atoms with Crippen molar-refractivity contribution in [3.63, 3.8) is 0 Å². The van der Waals surface area contributed by atoms with Gasteiger partial charge in [-0.2, -0.15) is 5.26 Å². The van der Waals surface area contributed by atoms with Gasteiger partial charge < -0.3 is 4.74 Å². The Morgan fingerprint density at radius 3 is 2.68 bits per heavy atom. The molecule has 0 unspecified atom stereocenters. The number of para-hydroxylation sites is 1. The van der Waals surface area contributed by atoms with E-state index in [2.05, 4.69) is 0 Å². The van der Waals surface area contributed by atoms with E-state index in [9.17, 15) is 14.9 Å². The molecular formula is C16H12N2O4. The minimum Gasteiger partial charge on any atom is -0.489 e. The van der Waals surface area contributed by atoms with Gasteiger partial charge in [0.25, 0.3) is 5.69 Å². The van der Waals surface area contributed by atoms with Crippen LogP contribution in [0.2, 0.25) is 0 Å². The number of nitriles is 1. The van der Waals surface area contributed by atoms with Crippen molar-refractivity contribution in [2.24, 2.45) is 0 Å². The number of ether oxygens (including phenoxy) is 1. The minimum atomic E-state index is -0.474. The van der Waals surface area contributed by atoms with Gasteiger partial charge in [0.2, 0.25) is 0 Å². The van der Waals surface area contributed by atoms with E-state index in [4.69, 9.17) is 10.00 Å².